The number of aromatic amines is 1. The number of nitrogens with zero attached hydrogens (tertiary/aromatic N) is 6. The van der Waals surface area contributed by atoms with Crippen molar-refractivity contribution in [2.75, 3.05) is 24.6 Å². The number of pyridine rings is 1. The lowest BCUT2D eigenvalue weighted by molar-refractivity contribution is -0.0338. The average Bonchev–Trinajstić information content (AvgIpc) is 3.35. The maximum absolute atomic E-state index is 6.16. The van der Waals surface area contributed by atoms with E-state index in [4.69, 9.17) is 21.1 Å². The van der Waals surface area contributed by atoms with Crippen molar-refractivity contribution < 1.29 is 9.47 Å². The summed E-state index contributed by atoms with van der Waals surface area (Å²) in [5, 5.41) is 8.74. The van der Waals surface area contributed by atoms with Gasteiger partial charge in [-0.1, -0.05) is 0 Å². The van der Waals surface area contributed by atoms with Crippen molar-refractivity contribution in [2.45, 2.75) is 57.2 Å². The van der Waals surface area contributed by atoms with Crippen LogP contribution >= 0.6 is 11.6 Å². The largest absolute Gasteiger partial charge is 0.461 e. The first kappa shape index (κ1) is 20.4. The van der Waals surface area contributed by atoms with Gasteiger partial charge in [-0.25, -0.2) is 4.98 Å². The molecule has 0 spiro atoms. The van der Waals surface area contributed by atoms with Crippen LogP contribution in [-0.2, 0) is 4.74 Å². The van der Waals surface area contributed by atoms with Crippen LogP contribution in [0.1, 0.15) is 51.1 Å². The second-order valence-electron chi connectivity index (χ2n) is 8.81. The molecule has 31 heavy (non-hydrogen) atoms. The summed E-state index contributed by atoms with van der Waals surface area (Å²) in [4.78, 5) is 19.4. The predicted molar refractivity (Wildman–Crippen MR) is 117 cm³/mol. The maximum atomic E-state index is 6.16. The van der Waals surface area contributed by atoms with E-state index in [1.165, 1.54) is 0 Å². The van der Waals surface area contributed by atoms with E-state index in [2.05, 4.69) is 54.9 Å². The number of aromatic nitrogens is 6. The van der Waals surface area contributed by atoms with E-state index in [0.29, 0.717) is 18.5 Å². The van der Waals surface area contributed by atoms with Gasteiger partial charge in [0, 0.05) is 36.3 Å². The molecular formula is C21H26ClN7O2. The zero-order valence-corrected chi connectivity index (χ0v) is 18.5. The molecule has 9 nitrogen and oxygen atoms in total. The van der Waals surface area contributed by atoms with Crippen LogP contribution in [0.2, 0.25) is 5.28 Å². The quantitative estimate of drug-likeness (QED) is 0.639. The van der Waals surface area contributed by atoms with E-state index in [-0.39, 0.29) is 23.0 Å². The van der Waals surface area contributed by atoms with Crippen molar-refractivity contribution >= 4 is 28.6 Å². The van der Waals surface area contributed by atoms with Crippen molar-refractivity contribution in [1.29, 1.82) is 0 Å². The summed E-state index contributed by atoms with van der Waals surface area (Å²) in [5.74, 6) is 0.943. The van der Waals surface area contributed by atoms with Crippen molar-refractivity contribution in [1.82, 2.24) is 30.1 Å². The SMILES string of the molecule is CC1(C)CC[C@H](COc2nc(Cl)nc(N3CCC(c4[nH]nc5ncccc45)CC3)n2)O1. The fourth-order valence-corrected chi connectivity index (χ4v) is 4.59. The second-order valence-corrected chi connectivity index (χ2v) is 9.15. The molecular weight excluding hydrogens is 418 g/mol. The highest BCUT2D eigenvalue weighted by Gasteiger charge is 2.32. The van der Waals surface area contributed by atoms with Gasteiger partial charge in [0.2, 0.25) is 11.2 Å². The van der Waals surface area contributed by atoms with E-state index in [0.717, 1.165) is 55.5 Å². The Morgan fingerprint density at radius 3 is 2.84 bits per heavy atom. The average molecular weight is 444 g/mol. The molecule has 2 aliphatic rings. The van der Waals surface area contributed by atoms with Gasteiger partial charge in [-0.3, -0.25) is 5.10 Å². The van der Waals surface area contributed by atoms with Crippen LogP contribution in [0.4, 0.5) is 5.95 Å². The second kappa shape index (κ2) is 8.20. The Kier molecular flexibility index (Phi) is 5.39. The van der Waals surface area contributed by atoms with Crippen LogP contribution < -0.4 is 9.64 Å². The number of rotatable bonds is 5. The number of nitrogens with one attached hydrogen (secondary N) is 1. The molecule has 3 aromatic heterocycles. The normalized spacial score (nSPS) is 21.6. The Morgan fingerprint density at radius 2 is 2.06 bits per heavy atom. The number of anilines is 1. The number of piperidine rings is 1. The van der Waals surface area contributed by atoms with E-state index < -0.39 is 0 Å². The van der Waals surface area contributed by atoms with Gasteiger partial charge in [-0.2, -0.15) is 20.1 Å². The number of ether oxygens (including phenoxy) is 2. The lowest BCUT2D eigenvalue weighted by Crippen LogP contribution is -2.34. The monoisotopic (exact) mass is 443 g/mol. The topological polar surface area (TPSA) is 102 Å². The summed E-state index contributed by atoms with van der Waals surface area (Å²) in [6.07, 6.45) is 5.70. The molecule has 0 bridgehead atoms. The van der Waals surface area contributed by atoms with Crippen LogP contribution in [0.5, 0.6) is 6.01 Å². The van der Waals surface area contributed by atoms with Gasteiger partial charge in [0.25, 0.3) is 0 Å². The fourth-order valence-electron chi connectivity index (χ4n) is 4.44. The lowest BCUT2D eigenvalue weighted by atomic mass is 9.92. The van der Waals surface area contributed by atoms with Crippen LogP contribution in [0.25, 0.3) is 11.0 Å². The first-order valence-electron chi connectivity index (χ1n) is 10.7. The Labute approximate surface area is 185 Å². The number of fused-ring (bicyclic) bond motifs is 1. The lowest BCUT2D eigenvalue weighted by Gasteiger charge is -2.31. The smallest absolute Gasteiger partial charge is 0.322 e. The van der Waals surface area contributed by atoms with Gasteiger partial charge in [0.05, 0.1) is 11.7 Å². The van der Waals surface area contributed by atoms with Gasteiger partial charge in [-0.05, 0) is 63.3 Å². The van der Waals surface area contributed by atoms with Crippen molar-refractivity contribution in [3.05, 3.63) is 29.3 Å². The van der Waals surface area contributed by atoms with Crippen molar-refractivity contribution in [3.8, 4) is 6.01 Å². The molecule has 0 saturated carbocycles. The van der Waals surface area contributed by atoms with E-state index >= 15 is 0 Å². The molecule has 5 heterocycles. The van der Waals surface area contributed by atoms with Crippen LogP contribution in [0, 0.1) is 0 Å². The maximum Gasteiger partial charge on any atom is 0.322 e. The zero-order chi connectivity index (χ0) is 21.4. The number of hydrogen-bond donors (Lipinski definition) is 1. The van der Waals surface area contributed by atoms with Crippen molar-refractivity contribution in [2.24, 2.45) is 0 Å². The van der Waals surface area contributed by atoms with Gasteiger partial charge in [0.15, 0.2) is 5.65 Å². The highest BCUT2D eigenvalue weighted by Crippen LogP contribution is 2.33. The molecule has 2 aliphatic heterocycles. The molecule has 0 aromatic carbocycles. The molecule has 1 N–H and O–H groups in total. The van der Waals surface area contributed by atoms with Crippen LogP contribution in [-0.4, -0.2) is 61.5 Å². The summed E-state index contributed by atoms with van der Waals surface area (Å²) in [6, 6.07) is 4.26. The minimum atomic E-state index is -0.101. The minimum absolute atomic E-state index is 0.0449. The third-order valence-electron chi connectivity index (χ3n) is 6.07. The molecule has 10 heteroatoms. The highest BCUT2D eigenvalue weighted by molar-refractivity contribution is 6.28. The van der Waals surface area contributed by atoms with Gasteiger partial charge in [0.1, 0.15) is 6.61 Å². The fraction of sp³-hybridized carbons (Fsp3) is 0.571. The molecule has 0 aliphatic carbocycles. The highest BCUT2D eigenvalue weighted by atomic mass is 35.5. The molecule has 1 atom stereocenters. The molecule has 3 aromatic rings. The number of halogens is 1. The van der Waals surface area contributed by atoms with E-state index in [9.17, 15) is 0 Å². The molecule has 0 unspecified atom stereocenters. The molecule has 0 radical (unpaired) electrons. The van der Waals surface area contributed by atoms with E-state index in [1.807, 2.05) is 6.07 Å². The minimum Gasteiger partial charge on any atom is -0.461 e. The number of H-pyrrole nitrogens is 1. The third kappa shape index (κ3) is 4.43. The molecule has 0 amide bonds. The Balaban J connectivity index is 1.23. The Morgan fingerprint density at radius 1 is 1.23 bits per heavy atom. The third-order valence-corrected chi connectivity index (χ3v) is 6.24. The summed E-state index contributed by atoms with van der Waals surface area (Å²) in [7, 11) is 0. The Bertz CT molecular complexity index is 1060. The van der Waals surface area contributed by atoms with Gasteiger partial charge in [-0.15, -0.1) is 0 Å². The number of hydrogen-bond acceptors (Lipinski definition) is 8. The van der Waals surface area contributed by atoms with E-state index in [1.54, 1.807) is 6.20 Å². The summed E-state index contributed by atoms with van der Waals surface area (Å²) >= 11 is 6.16. The summed E-state index contributed by atoms with van der Waals surface area (Å²) in [6.45, 7) is 6.22. The van der Waals surface area contributed by atoms with Gasteiger partial charge >= 0.3 is 6.01 Å². The summed E-state index contributed by atoms with van der Waals surface area (Å²) in [5.41, 5.74) is 1.82. The molecule has 2 saturated heterocycles. The first-order chi connectivity index (χ1) is 15.0. The standard InChI is InChI=1S/C21H26ClN7O2/c1-21(2)8-5-14(31-21)12-30-20-25-18(22)24-19(26-20)29-10-6-13(7-11-29)16-15-4-3-9-23-17(15)28-27-16/h3-4,9,13-14H,5-8,10-12H2,1-2H3,(H,23,27,28)/t14-/m1/s1. The first-order valence-corrected chi connectivity index (χ1v) is 11.1. The summed E-state index contributed by atoms with van der Waals surface area (Å²) < 4.78 is 11.8. The molecule has 2 fully saturated rings. The zero-order valence-electron chi connectivity index (χ0n) is 17.7. The Hall–Kier alpha value is -2.52. The van der Waals surface area contributed by atoms with Gasteiger partial charge < -0.3 is 14.4 Å². The van der Waals surface area contributed by atoms with Crippen LogP contribution in [0.3, 0.4) is 0 Å². The van der Waals surface area contributed by atoms with Crippen LogP contribution in [0.15, 0.2) is 18.3 Å². The molecule has 164 valence electrons. The van der Waals surface area contributed by atoms with Crippen molar-refractivity contribution in [3.63, 3.8) is 0 Å². The predicted octanol–water partition coefficient (Wildman–Crippen LogP) is 3.52. The molecule has 5 rings (SSSR count).